The van der Waals surface area contributed by atoms with Crippen molar-refractivity contribution in [3.05, 3.63) is 59.7 Å². The maximum atomic E-state index is 6.52. The highest BCUT2D eigenvalue weighted by Crippen LogP contribution is 2.43. The van der Waals surface area contributed by atoms with E-state index in [9.17, 15) is 0 Å². The third-order valence-corrected chi connectivity index (χ3v) is 10.1. The van der Waals surface area contributed by atoms with Gasteiger partial charge in [-0.2, -0.15) is 0 Å². The molecule has 204 valence electrons. The van der Waals surface area contributed by atoms with Crippen molar-refractivity contribution in [1.82, 2.24) is 0 Å². The zero-order chi connectivity index (χ0) is 28.6. The van der Waals surface area contributed by atoms with E-state index in [1.807, 2.05) is 0 Å². The van der Waals surface area contributed by atoms with Crippen molar-refractivity contribution in [2.75, 3.05) is 0 Å². The van der Waals surface area contributed by atoms with Crippen LogP contribution in [0.2, 0.25) is 0 Å². The van der Waals surface area contributed by atoms with Gasteiger partial charge >= 0.3 is 14.2 Å². The van der Waals surface area contributed by atoms with Gasteiger partial charge in [0.1, 0.15) is 0 Å². The average Bonchev–Trinajstić information content (AvgIpc) is 3.20. The van der Waals surface area contributed by atoms with Gasteiger partial charge in [-0.15, -0.1) is 0 Å². The molecule has 4 nitrogen and oxygen atoms in total. The van der Waals surface area contributed by atoms with Crippen LogP contribution in [0.5, 0.6) is 0 Å². The fourth-order valence-electron chi connectivity index (χ4n) is 6.46. The van der Waals surface area contributed by atoms with Gasteiger partial charge in [-0.1, -0.05) is 48.5 Å². The van der Waals surface area contributed by atoms with E-state index in [-0.39, 0.29) is 0 Å². The molecule has 5 aromatic rings. The molecule has 0 aliphatic carbocycles. The van der Waals surface area contributed by atoms with Gasteiger partial charge in [0.05, 0.1) is 22.4 Å². The highest BCUT2D eigenvalue weighted by atomic mass is 16.7. The minimum absolute atomic E-state index is 0.407. The van der Waals surface area contributed by atoms with Crippen molar-refractivity contribution >= 4 is 68.3 Å². The van der Waals surface area contributed by atoms with Crippen LogP contribution in [-0.2, 0) is 18.6 Å². The molecule has 2 fully saturated rings. The van der Waals surface area contributed by atoms with Gasteiger partial charge in [0.25, 0.3) is 0 Å². The topological polar surface area (TPSA) is 36.9 Å². The zero-order valence-corrected chi connectivity index (χ0v) is 25.4. The van der Waals surface area contributed by atoms with Crippen molar-refractivity contribution < 1.29 is 18.6 Å². The standard InChI is InChI=1S/C34H38B2O4/c1-19-11-21-15-23(35-37-31(3,4)32(5,6)38-35)17-27-28-18-24(36-39-33(7,8)34(9,10)40-36)16-22-12-20(2)14-26(30(22)28)25(13-19)29(21)27/h11-18H,1-10H3. The lowest BCUT2D eigenvalue weighted by Gasteiger charge is -2.32. The minimum atomic E-state index is -0.434. The molecule has 0 atom stereocenters. The Kier molecular flexibility index (Phi) is 5.26. The lowest BCUT2D eigenvalue weighted by atomic mass is 9.74. The van der Waals surface area contributed by atoms with E-state index < -0.39 is 36.6 Å². The van der Waals surface area contributed by atoms with Crippen molar-refractivity contribution in [2.45, 2.75) is 91.6 Å². The number of hydrogen-bond donors (Lipinski definition) is 0. The van der Waals surface area contributed by atoms with Gasteiger partial charge < -0.3 is 18.6 Å². The predicted molar refractivity (Wildman–Crippen MR) is 169 cm³/mol. The second kappa shape index (κ2) is 8.01. The van der Waals surface area contributed by atoms with Gasteiger partial charge in [-0.3, -0.25) is 0 Å². The van der Waals surface area contributed by atoms with Crippen LogP contribution in [-0.4, -0.2) is 36.6 Å². The van der Waals surface area contributed by atoms with Crippen LogP contribution < -0.4 is 10.9 Å². The SMILES string of the molecule is Cc1cc2cc(B3OC(C)(C)C(C)(C)O3)cc3c4cc(B5OC(C)(C)C(C)(C)O5)cc5cc(C)cc(c(c1)c23)c54. The van der Waals surface area contributed by atoms with Crippen LogP contribution >= 0.6 is 0 Å². The summed E-state index contributed by atoms with van der Waals surface area (Å²) in [4.78, 5) is 0. The molecule has 0 spiro atoms. The molecule has 2 aliphatic heterocycles. The van der Waals surface area contributed by atoms with Crippen LogP contribution in [0.15, 0.2) is 48.5 Å². The van der Waals surface area contributed by atoms with E-state index in [4.69, 9.17) is 18.6 Å². The van der Waals surface area contributed by atoms with Crippen molar-refractivity contribution in [2.24, 2.45) is 0 Å². The molecule has 2 aliphatic rings. The Morgan fingerprint density at radius 2 is 0.725 bits per heavy atom. The van der Waals surface area contributed by atoms with Gasteiger partial charge in [-0.25, -0.2) is 0 Å². The third kappa shape index (κ3) is 3.62. The molecule has 0 amide bonds. The normalized spacial score (nSPS) is 21.6. The summed E-state index contributed by atoms with van der Waals surface area (Å²) in [5.74, 6) is 0. The van der Waals surface area contributed by atoms with Crippen molar-refractivity contribution in [3.8, 4) is 0 Å². The summed E-state index contributed by atoms with van der Waals surface area (Å²) in [6.45, 7) is 21.2. The Labute approximate surface area is 237 Å². The number of benzene rings is 5. The summed E-state index contributed by atoms with van der Waals surface area (Å²) in [6.07, 6.45) is 0. The van der Waals surface area contributed by atoms with Crippen LogP contribution in [0.1, 0.15) is 66.5 Å². The number of fused-ring (bicyclic) bond motifs is 2. The first kappa shape index (κ1) is 26.3. The highest BCUT2D eigenvalue weighted by molar-refractivity contribution is 6.64. The Hall–Kier alpha value is -2.63. The van der Waals surface area contributed by atoms with Crippen LogP contribution in [0.25, 0.3) is 43.1 Å². The van der Waals surface area contributed by atoms with E-state index in [2.05, 4.69) is 118 Å². The van der Waals surface area contributed by atoms with Crippen LogP contribution in [0.3, 0.4) is 0 Å². The first-order valence-corrected chi connectivity index (χ1v) is 14.5. The van der Waals surface area contributed by atoms with E-state index >= 15 is 0 Å². The van der Waals surface area contributed by atoms with Gasteiger partial charge in [0, 0.05) is 0 Å². The maximum Gasteiger partial charge on any atom is 0.494 e. The molecular formula is C34H38B2O4. The summed E-state index contributed by atoms with van der Waals surface area (Å²) < 4.78 is 26.1. The Bertz CT molecular complexity index is 1690. The predicted octanol–water partition coefficient (Wildman–Crippen LogP) is 6.95. The molecule has 0 unspecified atom stereocenters. The third-order valence-electron chi connectivity index (χ3n) is 10.1. The van der Waals surface area contributed by atoms with Crippen molar-refractivity contribution in [3.63, 3.8) is 0 Å². The zero-order valence-electron chi connectivity index (χ0n) is 25.4. The molecule has 0 saturated carbocycles. The maximum absolute atomic E-state index is 6.52. The van der Waals surface area contributed by atoms with E-state index in [0.29, 0.717) is 0 Å². The molecule has 6 heteroatoms. The van der Waals surface area contributed by atoms with Gasteiger partial charge in [0.2, 0.25) is 0 Å². The largest absolute Gasteiger partial charge is 0.494 e. The average molecular weight is 532 g/mol. The Morgan fingerprint density at radius 3 is 1.05 bits per heavy atom. The molecule has 40 heavy (non-hydrogen) atoms. The smallest absolute Gasteiger partial charge is 0.399 e. The first-order chi connectivity index (χ1) is 18.6. The summed E-state index contributed by atoms with van der Waals surface area (Å²) in [5, 5.41) is 9.95. The monoisotopic (exact) mass is 532 g/mol. The van der Waals surface area contributed by atoms with Crippen molar-refractivity contribution in [1.29, 1.82) is 0 Å². The van der Waals surface area contributed by atoms with E-state index in [1.54, 1.807) is 0 Å². The second-order valence-corrected chi connectivity index (χ2v) is 14.1. The molecule has 0 radical (unpaired) electrons. The second-order valence-electron chi connectivity index (χ2n) is 14.1. The van der Waals surface area contributed by atoms with E-state index in [0.717, 1.165) is 10.9 Å². The number of hydrogen-bond acceptors (Lipinski definition) is 4. The van der Waals surface area contributed by atoms with Crippen LogP contribution in [0.4, 0.5) is 0 Å². The number of aryl methyl sites for hydroxylation is 2. The number of rotatable bonds is 2. The fraction of sp³-hybridized carbons (Fsp3) is 0.412. The molecule has 0 aromatic heterocycles. The summed E-state index contributed by atoms with van der Waals surface area (Å²) in [6, 6.07) is 18.3. The highest BCUT2D eigenvalue weighted by Gasteiger charge is 2.53. The Balaban J connectivity index is 1.55. The summed E-state index contributed by atoms with van der Waals surface area (Å²) in [5.41, 5.74) is 2.94. The molecule has 2 heterocycles. The molecule has 7 rings (SSSR count). The first-order valence-electron chi connectivity index (χ1n) is 14.5. The molecule has 2 saturated heterocycles. The quantitative estimate of drug-likeness (QED) is 0.140. The molecule has 5 aromatic carbocycles. The van der Waals surface area contributed by atoms with Gasteiger partial charge in [-0.05, 0) is 134 Å². The minimum Gasteiger partial charge on any atom is -0.399 e. The van der Waals surface area contributed by atoms with Gasteiger partial charge in [0.15, 0.2) is 0 Å². The lowest BCUT2D eigenvalue weighted by molar-refractivity contribution is 0.00578. The summed E-state index contributed by atoms with van der Waals surface area (Å²) in [7, 11) is -0.869. The van der Waals surface area contributed by atoms with E-state index in [1.165, 1.54) is 54.2 Å². The molecular weight excluding hydrogens is 494 g/mol. The molecule has 0 bridgehead atoms. The fourth-order valence-corrected chi connectivity index (χ4v) is 6.46. The molecule has 0 N–H and O–H groups in total. The summed E-state index contributed by atoms with van der Waals surface area (Å²) >= 11 is 0. The van der Waals surface area contributed by atoms with Crippen LogP contribution in [0, 0.1) is 13.8 Å². The Morgan fingerprint density at radius 1 is 0.425 bits per heavy atom. The lowest BCUT2D eigenvalue weighted by Crippen LogP contribution is -2.41.